The van der Waals surface area contributed by atoms with Crippen molar-refractivity contribution in [1.29, 1.82) is 0 Å². The van der Waals surface area contributed by atoms with E-state index >= 15 is 0 Å². The summed E-state index contributed by atoms with van der Waals surface area (Å²) < 4.78 is 0. The molecule has 0 aliphatic heterocycles. The van der Waals surface area contributed by atoms with E-state index < -0.39 is 5.97 Å². The Labute approximate surface area is 144 Å². The number of nitrogen functional groups attached to an aromatic ring is 1. The first-order valence-electron chi connectivity index (χ1n) is 8.24. The highest BCUT2D eigenvalue weighted by molar-refractivity contribution is 5.86. The van der Waals surface area contributed by atoms with Gasteiger partial charge in [-0.3, -0.25) is 4.79 Å². The molecule has 0 spiro atoms. The molecule has 0 bridgehead atoms. The fourth-order valence-electron chi connectivity index (χ4n) is 2.61. The number of hydrogen-bond acceptors (Lipinski definition) is 3. The van der Waals surface area contributed by atoms with Crippen molar-refractivity contribution >= 4 is 17.6 Å². The maximum absolute atomic E-state index is 12.4. The van der Waals surface area contributed by atoms with E-state index in [-0.39, 0.29) is 23.4 Å². The lowest BCUT2D eigenvalue weighted by Crippen LogP contribution is -2.39. The van der Waals surface area contributed by atoms with Crippen LogP contribution in [0.2, 0.25) is 0 Å². The zero-order valence-corrected chi connectivity index (χ0v) is 15.0. The second-order valence-corrected chi connectivity index (χ2v) is 6.45. The number of benzene rings is 1. The summed E-state index contributed by atoms with van der Waals surface area (Å²) in [7, 11) is 1.73. The second kappa shape index (κ2) is 9.11. The van der Waals surface area contributed by atoms with E-state index in [1.807, 2.05) is 38.1 Å². The maximum Gasteiger partial charge on any atom is 0.331 e. The molecule has 132 valence electrons. The van der Waals surface area contributed by atoms with Gasteiger partial charge >= 0.3 is 5.97 Å². The second-order valence-electron chi connectivity index (χ2n) is 6.45. The monoisotopic (exact) mass is 332 g/mol. The molecule has 1 atom stereocenters. The number of amides is 1. The number of nitrogens with two attached hydrogens (primary N) is 1. The Hall–Kier alpha value is -2.30. The van der Waals surface area contributed by atoms with Crippen molar-refractivity contribution in [3.8, 4) is 0 Å². The Morgan fingerprint density at radius 1 is 1.29 bits per heavy atom. The lowest BCUT2D eigenvalue weighted by atomic mass is 9.99. The summed E-state index contributed by atoms with van der Waals surface area (Å²) in [5.74, 6) is -0.809. The van der Waals surface area contributed by atoms with E-state index in [1.165, 1.54) is 0 Å². The first kappa shape index (κ1) is 19.7. The molecule has 24 heavy (non-hydrogen) atoms. The summed E-state index contributed by atoms with van der Waals surface area (Å²) in [6.45, 7) is 5.50. The minimum Gasteiger partial charge on any atom is -0.478 e. The Bertz CT molecular complexity index is 608. The van der Waals surface area contributed by atoms with Gasteiger partial charge in [-0.1, -0.05) is 38.1 Å². The Balaban J connectivity index is 2.66. The van der Waals surface area contributed by atoms with Crippen molar-refractivity contribution in [2.45, 2.75) is 46.1 Å². The van der Waals surface area contributed by atoms with Gasteiger partial charge in [0, 0.05) is 24.7 Å². The molecule has 5 nitrogen and oxygen atoms in total. The van der Waals surface area contributed by atoms with E-state index in [1.54, 1.807) is 24.9 Å². The number of para-hydroxylation sites is 1. The molecule has 0 aromatic heterocycles. The van der Waals surface area contributed by atoms with Crippen LogP contribution in [0.15, 0.2) is 35.9 Å². The maximum atomic E-state index is 12.4. The van der Waals surface area contributed by atoms with Gasteiger partial charge in [-0.25, -0.2) is 4.79 Å². The molecule has 5 heteroatoms. The van der Waals surface area contributed by atoms with Crippen LogP contribution in [0.3, 0.4) is 0 Å². The summed E-state index contributed by atoms with van der Waals surface area (Å²) in [6, 6.07) is 7.43. The van der Waals surface area contributed by atoms with Crippen LogP contribution in [0.4, 0.5) is 5.69 Å². The number of hydrogen-bond donors (Lipinski definition) is 2. The van der Waals surface area contributed by atoms with E-state index in [9.17, 15) is 9.59 Å². The van der Waals surface area contributed by atoms with Crippen LogP contribution < -0.4 is 5.73 Å². The van der Waals surface area contributed by atoms with Crippen molar-refractivity contribution in [1.82, 2.24) is 4.90 Å². The van der Waals surface area contributed by atoms with Gasteiger partial charge in [0.25, 0.3) is 0 Å². The van der Waals surface area contributed by atoms with E-state index in [0.29, 0.717) is 12.8 Å². The van der Waals surface area contributed by atoms with Gasteiger partial charge < -0.3 is 15.7 Å². The third-order valence-corrected chi connectivity index (χ3v) is 4.17. The van der Waals surface area contributed by atoms with Crippen molar-refractivity contribution in [2.75, 3.05) is 12.8 Å². The molecule has 1 amide bonds. The number of carbonyl (C=O) groups excluding carboxylic acids is 1. The minimum atomic E-state index is -0.957. The molecule has 0 heterocycles. The molecule has 0 saturated heterocycles. The summed E-state index contributed by atoms with van der Waals surface area (Å²) in [4.78, 5) is 25.1. The van der Waals surface area contributed by atoms with Gasteiger partial charge in [-0.15, -0.1) is 0 Å². The minimum absolute atomic E-state index is 0.0117. The first-order chi connectivity index (χ1) is 11.2. The summed E-state index contributed by atoms with van der Waals surface area (Å²) in [5.41, 5.74) is 7.96. The zero-order chi connectivity index (χ0) is 18.3. The molecular formula is C19H28N2O3. The number of carboxylic acids is 1. The Morgan fingerprint density at radius 2 is 1.92 bits per heavy atom. The third-order valence-electron chi connectivity index (χ3n) is 4.17. The quantitative estimate of drug-likeness (QED) is 0.566. The topological polar surface area (TPSA) is 83.6 Å². The highest BCUT2D eigenvalue weighted by Gasteiger charge is 2.22. The molecule has 0 radical (unpaired) electrons. The number of aliphatic carboxylic acids is 1. The average molecular weight is 332 g/mol. The number of likely N-dealkylation sites (N-methyl/N-ethyl adjacent to an activating group) is 1. The van der Waals surface area contributed by atoms with Crippen molar-refractivity contribution < 1.29 is 14.7 Å². The van der Waals surface area contributed by atoms with Crippen molar-refractivity contribution in [3.63, 3.8) is 0 Å². The van der Waals surface area contributed by atoms with Crippen LogP contribution >= 0.6 is 0 Å². The molecule has 1 aromatic rings. The standard InChI is InChI=1S/C19H28N2O3/c1-13(2)17(12-14(3)19(23)24)21(4)18(22)11-7-9-15-8-5-6-10-16(15)20/h5-6,8,10,12-13,17H,7,9,11,20H2,1-4H3,(H,23,24)/t17-/m1/s1. The smallest absolute Gasteiger partial charge is 0.331 e. The Kier molecular flexibility index (Phi) is 7.49. The fraction of sp³-hybridized carbons (Fsp3) is 0.474. The molecule has 1 rings (SSSR count). The summed E-state index contributed by atoms with van der Waals surface area (Å²) >= 11 is 0. The van der Waals surface area contributed by atoms with Crippen LogP contribution in [0.5, 0.6) is 0 Å². The zero-order valence-electron chi connectivity index (χ0n) is 15.0. The first-order valence-corrected chi connectivity index (χ1v) is 8.24. The summed E-state index contributed by atoms with van der Waals surface area (Å²) in [5, 5.41) is 9.04. The third kappa shape index (κ3) is 5.72. The number of aryl methyl sites for hydroxylation is 1. The van der Waals surface area contributed by atoms with Crippen molar-refractivity contribution in [2.24, 2.45) is 5.92 Å². The molecule has 0 unspecified atom stereocenters. The van der Waals surface area contributed by atoms with Crippen LogP contribution in [-0.4, -0.2) is 35.0 Å². The SMILES string of the molecule is CC(=C[C@H](C(C)C)N(C)C(=O)CCCc1ccccc1N)C(=O)O. The van der Waals surface area contributed by atoms with Gasteiger partial charge in [0.2, 0.25) is 5.91 Å². The van der Waals surface area contributed by atoms with Gasteiger partial charge in [0.1, 0.15) is 0 Å². The molecule has 0 saturated carbocycles. The molecule has 3 N–H and O–H groups in total. The lowest BCUT2D eigenvalue weighted by Gasteiger charge is -2.29. The summed E-state index contributed by atoms with van der Waals surface area (Å²) in [6.07, 6.45) is 3.53. The largest absolute Gasteiger partial charge is 0.478 e. The fourth-order valence-corrected chi connectivity index (χ4v) is 2.61. The molecule has 0 aliphatic rings. The molecule has 0 aliphatic carbocycles. The van der Waals surface area contributed by atoms with Gasteiger partial charge in [-0.2, -0.15) is 0 Å². The predicted octanol–water partition coefficient (Wildman–Crippen LogP) is 3.11. The number of nitrogens with zero attached hydrogens (tertiary/aromatic N) is 1. The van der Waals surface area contributed by atoms with E-state index in [4.69, 9.17) is 10.8 Å². The van der Waals surface area contributed by atoms with Crippen LogP contribution in [0.1, 0.15) is 39.2 Å². The Morgan fingerprint density at radius 3 is 2.46 bits per heavy atom. The average Bonchev–Trinajstić information content (AvgIpc) is 2.52. The van der Waals surface area contributed by atoms with Gasteiger partial charge in [0.05, 0.1) is 6.04 Å². The predicted molar refractivity (Wildman–Crippen MR) is 96.6 cm³/mol. The number of carbonyl (C=O) groups is 2. The van der Waals surface area contributed by atoms with Crippen LogP contribution in [-0.2, 0) is 16.0 Å². The number of anilines is 1. The lowest BCUT2D eigenvalue weighted by molar-refractivity contribution is -0.134. The van der Waals surface area contributed by atoms with E-state index in [0.717, 1.165) is 17.7 Å². The highest BCUT2D eigenvalue weighted by atomic mass is 16.4. The van der Waals surface area contributed by atoms with E-state index in [2.05, 4.69) is 0 Å². The van der Waals surface area contributed by atoms with Gasteiger partial charge in [0.15, 0.2) is 0 Å². The van der Waals surface area contributed by atoms with Crippen LogP contribution in [0, 0.1) is 5.92 Å². The van der Waals surface area contributed by atoms with Gasteiger partial charge in [-0.05, 0) is 37.3 Å². The highest BCUT2D eigenvalue weighted by Crippen LogP contribution is 2.17. The van der Waals surface area contributed by atoms with Crippen molar-refractivity contribution in [3.05, 3.63) is 41.5 Å². The molecule has 0 fully saturated rings. The van der Waals surface area contributed by atoms with Crippen LogP contribution in [0.25, 0.3) is 0 Å². The molecular weight excluding hydrogens is 304 g/mol. The molecule has 1 aromatic carbocycles. The number of rotatable bonds is 8. The number of carboxylic acid groups (broad SMARTS) is 1. The normalized spacial score (nSPS) is 13.0.